The second kappa shape index (κ2) is 10.9. The van der Waals surface area contributed by atoms with Gasteiger partial charge in [0, 0.05) is 11.6 Å². The van der Waals surface area contributed by atoms with Gasteiger partial charge in [-0.15, -0.1) is 0 Å². The Labute approximate surface area is 173 Å². The number of unbranched alkanes of at least 4 members (excludes halogenated alkanes) is 1. The summed E-state index contributed by atoms with van der Waals surface area (Å²) in [4.78, 5) is 12.7. The van der Waals surface area contributed by atoms with Gasteiger partial charge in [-0.1, -0.05) is 92.2 Å². The first-order chi connectivity index (χ1) is 14.3. The lowest BCUT2D eigenvalue weighted by Crippen LogP contribution is -2.27. The molecular weight excluding hydrogens is 358 g/mol. The molecule has 0 bridgehead atoms. The molecule has 0 radical (unpaired) electrons. The van der Waals surface area contributed by atoms with Crippen LogP contribution < -0.4 is 10.1 Å². The minimum absolute atomic E-state index is 0.147. The van der Waals surface area contributed by atoms with Crippen molar-refractivity contribution < 1.29 is 9.53 Å². The van der Waals surface area contributed by atoms with Gasteiger partial charge in [0.25, 0.3) is 0 Å². The third-order valence-corrected chi connectivity index (χ3v) is 4.64. The highest BCUT2D eigenvalue weighted by atomic mass is 16.5. The molecule has 1 N–H and O–H groups in total. The number of amides is 1. The molecule has 3 aromatic rings. The van der Waals surface area contributed by atoms with E-state index in [1.807, 2.05) is 91.0 Å². The predicted molar refractivity (Wildman–Crippen MR) is 119 cm³/mol. The Hall–Kier alpha value is -3.33. The van der Waals surface area contributed by atoms with Gasteiger partial charge in [0.05, 0.1) is 12.6 Å². The van der Waals surface area contributed by atoms with Crippen molar-refractivity contribution in [3.63, 3.8) is 0 Å². The van der Waals surface area contributed by atoms with E-state index < -0.39 is 0 Å². The van der Waals surface area contributed by atoms with Gasteiger partial charge in [-0.3, -0.25) is 4.79 Å². The second-order valence-electron chi connectivity index (χ2n) is 6.84. The molecule has 3 aromatic carbocycles. The molecule has 3 heteroatoms. The molecule has 0 aromatic heterocycles. The monoisotopic (exact) mass is 385 g/mol. The zero-order chi connectivity index (χ0) is 20.3. The lowest BCUT2D eigenvalue weighted by molar-refractivity contribution is -0.116. The van der Waals surface area contributed by atoms with E-state index in [2.05, 4.69) is 12.2 Å². The van der Waals surface area contributed by atoms with Crippen molar-refractivity contribution in [2.75, 3.05) is 6.61 Å². The summed E-state index contributed by atoms with van der Waals surface area (Å²) in [5.41, 5.74) is 2.99. The Morgan fingerprint density at radius 3 is 2.10 bits per heavy atom. The largest absolute Gasteiger partial charge is 0.493 e. The van der Waals surface area contributed by atoms with Crippen molar-refractivity contribution in [2.24, 2.45) is 0 Å². The fourth-order valence-corrected chi connectivity index (χ4v) is 3.08. The molecule has 0 aliphatic heterocycles. The number of hydrogen-bond donors (Lipinski definition) is 1. The smallest absolute Gasteiger partial charge is 0.244 e. The minimum Gasteiger partial charge on any atom is -0.493 e. The molecule has 0 saturated heterocycles. The average Bonchev–Trinajstić information content (AvgIpc) is 2.78. The van der Waals surface area contributed by atoms with Crippen LogP contribution in [0.2, 0.25) is 0 Å². The summed E-state index contributed by atoms with van der Waals surface area (Å²) in [6, 6.07) is 27.6. The van der Waals surface area contributed by atoms with E-state index in [0.717, 1.165) is 35.3 Å². The quantitative estimate of drug-likeness (QED) is 0.374. The molecule has 0 saturated carbocycles. The number of ether oxygens (including phenoxy) is 1. The lowest BCUT2D eigenvalue weighted by Gasteiger charge is -2.19. The maximum atomic E-state index is 12.7. The summed E-state index contributed by atoms with van der Waals surface area (Å²) in [6.45, 7) is 2.81. The zero-order valence-electron chi connectivity index (χ0n) is 16.8. The number of nitrogens with one attached hydrogen (secondary N) is 1. The fourth-order valence-electron chi connectivity index (χ4n) is 3.08. The Kier molecular flexibility index (Phi) is 7.64. The minimum atomic E-state index is -0.203. The van der Waals surface area contributed by atoms with Crippen LogP contribution in [-0.4, -0.2) is 12.5 Å². The number of carbonyl (C=O) groups is 1. The van der Waals surface area contributed by atoms with E-state index in [0.29, 0.717) is 6.61 Å². The van der Waals surface area contributed by atoms with Crippen LogP contribution in [0.25, 0.3) is 6.08 Å². The number of carbonyl (C=O) groups excluding carboxylic acids is 1. The molecule has 29 heavy (non-hydrogen) atoms. The molecule has 3 nitrogen and oxygen atoms in total. The highest BCUT2D eigenvalue weighted by Gasteiger charge is 2.15. The van der Waals surface area contributed by atoms with E-state index in [1.165, 1.54) is 0 Å². The summed E-state index contributed by atoms with van der Waals surface area (Å²) in [5.74, 6) is 0.652. The van der Waals surface area contributed by atoms with Crippen LogP contribution in [0.3, 0.4) is 0 Å². The van der Waals surface area contributed by atoms with Crippen LogP contribution in [0.1, 0.15) is 42.5 Å². The number of para-hydroxylation sites is 1. The highest BCUT2D eigenvalue weighted by molar-refractivity contribution is 5.92. The molecule has 0 spiro atoms. The van der Waals surface area contributed by atoms with Crippen LogP contribution in [0.15, 0.2) is 91.0 Å². The van der Waals surface area contributed by atoms with Gasteiger partial charge < -0.3 is 10.1 Å². The number of rotatable bonds is 9. The molecule has 1 amide bonds. The van der Waals surface area contributed by atoms with Crippen molar-refractivity contribution in [3.05, 3.63) is 108 Å². The first-order valence-electron chi connectivity index (χ1n) is 10.1. The summed E-state index contributed by atoms with van der Waals surface area (Å²) in [6.07, 6.45) is 5.47. The van der Waals surface area contributed by atoms with Gasteiger partial charge in [0.15, 0.2) is 0 Å². The van der Waals surface area contributed by atoms with Crippen LogP contribution in [-0.2, 0) is 4.79 Å². The van der Waals surface area contributed by atoms with Gasteiger partial charge in [-0.05, 0) is 29.7 Å². The van der Waals surface area contributed by atoms with Crippen molar-refractivity contribution in [1.82, 2.24) is 5.32 Å². The van der Waals surface area contributed by atoms with Crippen molar-refractivity contribution in [1.29, 1.82) is 0 Å². The van der Waals surface area contributed by atoms with E-state index in [1.54, 1.807) is 6.08 Å². The molecular formula is C26H27NO2. The Morgan fingerprint density at radius 1 is 0.897 bits per heavy atom. The predicted octanol–water partition coefficient (Wildman–Crippen LogP) is 5.78. The van der Waals surface area contributed by atoms with Gasteiger partial charge in [-0.25, -0.2) is 0 Å². The normalized spacial score (nSPS) is 11.0. The first kappa shape index (κ1) is 20.4. The zero-order valence-corrected chi connectivity index (χ0v) is 16.8. The summed E-state index contributed by atoms with van der Waals surface area (Å²) in [7, 11) is 0. The second-order valence-corrected chi connectivity index (χ2v) is 6.84. The topological polar surface area (TPSA) is 38.3 Å². The van der Waals surface area contributed by atoms with E-state index in [-0.39, 0.29) is 11.9 Å². The summed E-state index contributed by atoms with van der Waals surface area (Å²) >= 11 is 0. The third kappa shape index (κ3) is 6.08. The first-order valence-corrected chi connectivity index (χ1v) is 10.1. The van der Waals surface area contributed by atoms with Crippen molar-refractivity contribution in [2.45, 2.75) is 25.8 Å². The van der Waals surface area contributed by atoms with Crippen molar-refractivity contribution in [3.8, 4) is 5.75 Å². The van der Waals surface area contributed by atoms with Crippen molar-refractivity contribution >= 4 is 12.0 Å². The molecule has 3 rings (SSSR count). The molecule has 0 heterocycles. The number of benzene rings is 3. The molecule has 148 valence electrons. The molecule has 0 aliphatic carbocycles. The van der Waals surface area contributed by atoms with Gasteiger partial charge in [0.1, 0.15) is 5.75 Å². The summed E-state index contributed by atoms with van der Waals surface area (Å²) < 4.78 is 5.85. The van der Waals surface area contributed by atoms with Gasteiger partial charge in [0.2, 0.25) is 5.91 Å². The van der Waals surface area contributed by atoms with Crippen LogP contribution in [0, 0.1) is 0 Å². The highest BCUT2D eigenvalue weighted by Crippen LogP contribution is 2.23. The van der Waals surface area contributed by atoms with Crippen LogP contribution in [0.5, 0.6) is 5.75 Å². The average molecular weight is 386 g/mol. The summed E-state index contributed by atoms with van der Waals surface area (Å²) in [5, 5.41) is 3.13. The molecule has 0 aliphatic rings. The lowest BCUT2D eigenvalue weighted by atomic mass is 9.98. The maximum Gasteiger partial charge on any atom is 0.244 e. The van der Waals surface area contributed by atoms with Crippen LogP contribution >= 0.6 is 0 Å². The van der Waals surface area contributed by atoms with Crippen LogP contribution in [0.4, 0.5) is 0 Å². The fraction of sp³-hybridized carbons (Fsp3) is 0.192. The number of hydrogen-bond acceptors (Lipinski definition) is 2. The Morgan fingerprint density at radius 2 is 1.48 bits per heavy atom. The molecule has 0 fully saturated rings. The molecule has 0 unspecified atom stereocenters. The van der Waals surface area contributed by atoms with E-state index in [9.17, 15) is 4.79 Å². The maximum absolute atomic E-state index is 12.7. The Bertz CT molecular complexity index is 880. The molecule has 0 atom stereocenters. The Balaban J connectivity index is 1.74. The standard InChI is InChI=1S/C26H27NO2/c1-2-3-20-29-24-17-11-10-12-21(24)18-19-25(28)27-26(22-13-6-4-7-14-22)23-15-8-5-9-16-23/h4-19,26H,2-3,20H2,1H3,(H,27,28)/b19-18+. The van der Waals surface area contributed by atoms with E-state index >= 15 is 0 Å². The third-order valence-electron chi connectivity index (χ3n) is 4.64. The SMILES string of the molecule is CCCCOc1ccccc1/C=C/C(=O)NC(c1ccccc1)c1ccccc1. The van der Waals surface area contributed by atoms with E-state index in [4.69, 9.17) is 4.74 Å². The van der Waals surface area contributed by atoms with Gasteiger partial charge >= 0.3 is 0 Å². The van der Waals surface area contributed by atoms with Gasteiger partial charge in [-0.2, -0.15) is 0 Å².